The van der Waals surface area contributed by atoms with Gasteiger partial charge >= 0.3 is 0 Å². The molecule has 0 aliphatic heterocycles. The van der Waals surface area contributed by atoms with Gasteiger partial charge in [0.1, 0.15) is 23.2 Å². The Morgan fingerprint density at radius 2 is 1.89 bits per heavy atom. The predicted octanol–water partition coefficient (Wildman–Crippen LogP) is 6.73. The maximum atomic E-state index is 14.1. The number of likely N-dealkylation sites (N-methyl/N-ethyl adjacent to an activating group) is 2. The van der Waals surface area contributed by atoms with Crippen molar-refractivity contribution in [3.63, 3.8) is 0 Å². The number of rotatable bonds is 16. The van der Waals surface area contributed by atoms with Gasteiger partial charge in [0.25, 0.3) is 0 Å². The van der Waals surface area contributed by atoms with Crippen molar-refractivity contribution >= 4 is 33.9 Å². The first-order valence-electron chi connectivity index (χ1n) is 18.4. The number of fused-ring (bicyclic) bond motifs is 2. The topological polar surface area (TPSA) is 130 Å². The number of hydrogen-bond donors (Lipinski definition) is 2. The number of carbonyl (C=O) groups excluding carboxylic acids is 2. The lowest BCUT2D eigenvalue weighted by atomic mass is 9.95. The molecule has 1 aliphatic rings. The van der Waals surface area contributed by atoms with Crippen LogP contribution >= 0.6 is 0 Å². The summed E-state index contributed by atoms with van der Waals surface area (Å²) >= 11 is 0. The highest BCUT2D eigenvalue weighted by Gasteiger charge is 2.33. The molecule has 0 saturated heterocycles. The van der Waals surface area contributed by atoms with E-state index in [1.807, 2.05) is 92.3 Å². The average Bonchev–Trinajstić information content (AvgIpc) is 3.90. The van der Waals surface area contributed by atoms with E-state index in [1.165, 1.54) is 0 Å². The molecule has 12 heteroatoms. The van der Waals surface area contributed by atoms with Crippen LogP contribution in [0.3, 0.4) is 0 Å². The minimum absolute atomic E-state index is 0.0285. The van der Waals surface area contributed by atoms with Crippen LogP contribution in [0.15, 0.2) is 83.5 Å². The zero-order valence-corrected chi connectivity index (χ0v) is 31.7. The quantitative estimate of drug-likeness (QED) is 0.108. The van der Waals surface area contributed by atoms with Crippen LogP contribution in [0.4, 0.5) is 0 Å². The lowest BCUT2D eigenvalue weighted by Gasteiger charge is -2.35. The second-order valence-electron chi connectivity index (χ2n) is 14.2. The van der Waals surface area contributed by atoms with E-state index in [4.69, 9.17) is 14.4 Å². The van der Waals surface area contributed by atoms with Crippen molar-refractivity contribution in [3.05, 3.63) is 90.7 Å². The van der Waals surface area contributed by atoms with Gasteiger partial charge in [-0.3, -0.25) is 14.5 Å². The summed E-state index contributed by atoms with van der Waals surface area (Å²) in [7, 11) is 7.71. The number of H-pyrrole nitrogens is 2. The van der Waals surface area contributed by atoms with Crippen molar-refractivity contribution in [3.8, 4) is 22.8 Å². The van der Waals surface area contributed by atoms with Crippen molar-refractivity contribution in [1.29, 1.82) is 0 Å². The van der Waals surface area contributed by atoms with Gasteiger partial charge in [-0.2, -0.15) is 0 Å². The smallest absolute Gasteiger partial charge is 0.244 e. The molecule has 2 aromatic carbocycles. The minimum Gasteiger partial charge on any atom is -0.436 e. The van der Waals surface area contributed by atoms with Crippen LogP contribution in [0.25, 0.3) is 44.8 Å². The number of aromatic nitrogens is 5. The molecule has 2 atom stereocenters. The number of carbonyl (C=O) groups is 2. The molecule has 0 bridgehead atoms. The molecule has 1 aliphatic carbocycles. The van der Waals surface area contributed by atoms with Gasteiger partial charge < -0.3 is 29.1 Å². The summed E-state index contributed by atoms with van der Waals surface area (Å²) in [6.45, 7) is 9.81. The van der Waals surface area contributed by atoms with E-state index in [0.29, 0.717) is 50.1 Å². The lowest BCUT2D eigenvalue weighted by molar-refractivity contribution is -0.137. The van der Waals surface area contributed by atoms with Gasteiger partial charge in [0.05, 0.1) is 47.4 Å². The average molecular weight is 718 g/mol. The number of nitrogens with one attached hydrogen (secondary N) is 2. The van der Waals surface area contributed by atoms with E-state index in [0.717, 1.165) is 63.9 Å². The molecule has 3 heterocycles. The Morgan fingerprint density at radius 3 is 2.60 bits per heavy atom. The number of nitrogens with zero attached hydrogens (tertiary/aromatic N) is 7. The lowest BCUT2D eigenvalue weighted by Crippen LogP contribution is -2.48. The number of allylic oxidation sites excluding steroid dienone is 3. The molecule has 0 radical (unpaired) electrons. The van der Waals surface area contributed by atoms with E-state index < -0.39 is 0 Å². The van der Waals surface area contributed by atoms with Gasteiger partial charge in [-0.1, -0.05) is 37.3 Å². The summed E-state index contributed by atoms with van der Waals surface area (Å²) in [5, 5.41) is 0. The zero-order valence-electron chi connectivity index (χ0n) is 31.7. The van der Waals surface area contributed by atoms with Crippen LogP contribution in [-0.2, 0) is 16.1 Å². The number of oxazole rings is 1. The van der Waals surface area contributed by atoms with Crippen LogP contribution in [0.2, 0.25) is 0 Å². The van der Waals surface area contributed by atoms with Crippen molar-refractivity contribution in [2.45, 2.75) is 58.2 Å². The van der Waals surface area contributed by atoms with Crippen LogP contribution < -0.4 is 0 Å². The highest BCUT2D eigenvalue weighted by atomic mass is 16.4. The van der Waals surface area contributed by atoms with Gasteiger partial charge in [-0.05, 0) is 96.7 Å². The number of amides is 2. The van der Waals surface area contributed by atoms with E-state index in [2.05, 4.69) is 46.7 Å². The van der Waals surface area contributed by atoms with Crippen LogP contribution in [0.1, 0.15) is 57.2 Å². The van der Waals surface area contributed by atoms with Gasteiger partial charge in [0.15, 0.2) is 5.76 Å². The highest BCUT2D eigenvalue weighted by molar-refractivity contribution is 5.90. The third kappa shape index (κ3) is 8.34. The third-order valence-corrected chi connectivity index (χ3v) is 9.59. The fraction of sp³-hybridized carbons (Fsp3) is 0.390. The van der Waals surface area contributed by atoms with Gasteiger partial charge in [-0.15, -0.1) is 6.58 Å². The molecule has 3 aromatic heterocycles. The van der Waals surface area contributed by atoms with E-state index in [1.54, 1.807) is 11.1 Å². The summed E-state index contributed by atoms with van der Waals surface area (Å²) < 4.78 is 6.35. The number of imidazole rings is 2. The normalized spacial score (nSPS) is 14.2. The summed E-state index contributed by atoms with van der Waals surface area (Å²) in [6.07, 6.45) is 13.2. The van der Waals surface area contributed by atoms with Crippen LogP contribution in [0, 0.1) is 0 Å². The second-order valence-corrected chi connectivity index (χ2v) is 14.2. The molecular weight excluding hydrogens is 667 g/mol. The zero-order chi connectivity index (χ0) is 37.6. The number of benzene rings is 2. The van der Waals surface area contributed by atoms with Gasteiger partial charge in [0.2, 0.25) is 17.7 Å². The summed E-state index contributed by atoms with van der Waals surface area (Å²) in [5.74, 6) is 2.59. The van der Waals surface area contributed by atoms with E-state index in [-0.39, 0.29) is 23.9 Å². The maximum Gasteiger partial charge on any atom is 0.244 e. The minimum atomic E-state index is -0.321. The monoisotopic (exact) mass is 717 g/mol. The fourth-order valence-electron chi connectivity index (χ4n) is 6.93. The first-order valence-corrected chi connectivity index (χ1v) is 18.4. The Hall–Kier alpha value is -5.33. The van der Waals surface area contributed by atoms with Gasteiger partial charge in [-0.25, -0.2) is 15.0 Å². The van der Waals surface area contributed by atoms with Gasteiger partial charge in [0, 0.05) is 18.7 Å². The van der Waals surface area contributed by atoms with Crippen molar-refractivity contribution < 1.29 is 14.0 Å². The molecule has 5 aromatic rings. The maximum absolute atomic E-state index is 14.1. The van der Waals surface area contributed by atoms with Crippen LogP contribution in [-0.4, -0.2) is 110 Å². The Bertz CT molecular complexity index is 2140. The highest BCUT2D eigenvalue weighted by Crippen LogP contribution is 2.33. The number of aromatic amines is 2. The summed E-state index contributed by atoms with van der Waals surface area (Å²) in [6, 6.07) is 11.2. The molecule has 0 saturated carbocycles. The first kappa shape index (κ1) is 37.4. The molecule has 2 unspecified atom stereocenters. The Balaban J connectivity index is 1.23. The largest absolute Gasteiger partial charge is 0.436 e. The molecule has 12 nitrogen and oxygen atoms in total. The van der Waals surface area contributed by atoms with E-state index in [9.17, 15) is 9.59 Å². The first-order chi connectivity index (χ1) is 25.6. The molecule has 278 valence electrons. The third-order valence-electron chi connectivity index (χ3n) is 9.59. The number of hydrogen-bond acceptors (Lipinski definition) is 8. The summed E-state index contributed by atoms with van der Waals surface area (Å²) in [4.78, 5) is 56.1. The predicted molar refractivity (Wildman–Crippen MR) is 210 cm³/mol. The molecule has 2 N–H and O–H groups in total. The standard InChI is InChI=1S/C41H51N9O3/c1-8-10-22-49(36(51)26-47(4)5)25-35-43-32-18-14-17-30(37(32)46-35)40-42-24-34(53-40)29-19-20-31-33(23-29)45-39(44-31)27(3)50(21-9-2)41(52)38(48(6)7)28-15-12-11-13-16-28/h8,11-12,14-15,17-20,23-24,27,38H,1,9-10,13,16,21-22,25-26H2,2-7H3,(H,43,46)(H,44,45). The van der Waals surface area contributed by atoms with Crippen LogP contribution in [0.5, 0.6) is 0 Å². The van der Waals surface area contributed by atoms with Crippen molar-refractivity contribution in [1.82, 2.24) is 44.5 Å². The van der Waals surface area contributed by atoms with Crippen molar-refractivity contribution in [2.24, 2.45) is 0 Å². The Labute approximate surface area is 311 Å². The Morgan fingerprint density at radius 1 is 1.06 bits per heavy atom. The Kier molecular flexibility index (Phi) is 11.7. The molecule has 0 fully saturated rings. The van der Waals surface area contributed by atoms with Crippen molar-refractivity contribution in [2.75, 3.05) is 47.8 Å². The molecule has 2 amide bonds. The number of para-hydroxylation sites is 1. The fourth-order valence-corrected chi connectivity index (χ4v) is 6.93. The molecular formula is C41H51N9O3. The molecule has 53 heavy (non-hydrogen) atoms. The molecule has 6 rings (SSSR count). The van der Waals surface area contributed by atoms with E-state index >= 15 is 0 Å². The SMILES string of the molecule is C=CCCN(Cc1nc2c(-c3ncc(-c4ccc5nc(C(C)N(CCC)C(=O)C(C6=CC=CCC6)N(C)C)[nH]c5c4)o3)cccc2[nH]1)C(=O)CN(C)C. The second kappa shape index (κ2) is 16.6. The molecule has 0 spiro atoms. The summed E-state index contributed by atoms with van der Waals surface area (Å²) in [5.41, 5.74) is 5.95.